The Kier molecular flexibility index (Phi) is 4.98. The quantitative estimate of drug-likeness (QED) is 0.813. The summed E-state index contributed by atoms with van der Waals surface area (Å²) in [7, 11) is -1.30. The van der Waals surface area contributed by atoms with Crippen molar-refractivity contribution in [3.8, 4) is 0 Å². The molecule has 1 N–H and O–H groups in total. The predicted octanol–water partition coefficient (Wildman–Crippen LogP) is 1.36. The molecule has 0 aromatic heterocycles. The molecular weight excluding hydrogens is 238 g/mol. The van der Waals surface area contributed by atoms with Crippen molar-refractivity contribution in [3.05, 3.63) is 0 Å². The Balaban J connectivity index is 2.38. The number of hydrogen-bond donors (Lipinski definition) is 1. The molecule has 1 fully saturated rings. The first-order chi connectivity index (χ1) is 7.78. The molecule has 1 aliphatic rings. The summed E-state index contributed by atoms with van der Waals surface area (Å²) >= 11 is 0. The van der Waals surface area contributed by atoms with Crippen molar-refractivity contribution in [2.75, 3.05) is 19.4 Å². The maximum atomic E-state index is 11.9. The van der Waals surface area contributed by atoms with Crippen LogP contribution in [0.3, 0.4) is 0 Å². The zero-order valence-electron chi connectivity index (χ0n) is 11.3. The average Bonchev–Trinajstić information content (AvgIpc) is 2.63. The SMILES string of the molecule is COC1CCCC1NCCS(=O)(=O)C(C)(C)C. The zero-order valence-corrected chi connectivity index (χ0v) is 12.1. The van der Waals surface area contributed by atoms with Gasteiger partial charge in [0.05, 0.1) is 16.6 Å². The van der Waals surface area contributed by atoms with Gasteiger partial charge in [-0.2, -0.15) is 0 Å². The third-order valence-electron chi connectivity index (χ3n) is 3.47. The van der Waals surface area contributed by atoms with Crippen LogP contribution < -0.4 is 5.32 Å². The van der Waals surface area contributed by atoms with Gasteiger partial charge in [0, 0.05) is 19.7 Å². The molecule has 1 aliphatic carbocycles. The fraction of sp³-hybridized carbons (Fsp3) is 1.00. The van der Waals surface area contributed by atoms with Gasteiger partial charge in [0.1, 0.15) is 0 Å². The van der Waals surface area contributed by atoms with Gasteiger partial charge < -0.3 is 10.1 Å². The molecule has 4 nitrogen and oxygen atoms in total. The monoisotopic (exact) mass is 263 g/mol. The number of rotatable bonds is 5. The van der Waals surface area contributed by atoms with E-state index in [2.05, 4.69) is 5.32 Å². The molecule has 5 heteroatoms. The average molecular weight is 263 g/mol. The van der Waals surface area contributed by atoms with Crippen LogP contribution in [-0.2, 0) is 14.6 Å². The zero-order chi connectivity index (χ0) is 13.1. The maximum Gasteiger partial charge on any atom is 0.156 e. The van der Waals surface area contributed by atoms with Gasteiger partial charge in [0.2, 0.25) is 0 Å². The number of ether oxygens (including phenoxy) is 1. The van der Waals surface area contributed by atoms with Crippen molar-refractivity contribution >= 4 is 9.84 Å². The van der Waals surface area contributed by atoms with E-state index in [1.54, 1.807) is 27.9 Å². The van der Waals surface area contributed by atoms with E-state index in [9.17, 15) is 8.42 Å². The lowest BCUT2D eigenvalue weighted by molar-refractivity contribution is 0.0859. The van der Waals surface area contributed by atoms with Crippen LogP contribution in [0.1, 0.15) is 40.0 Å². The highest BCUT2D eigenvalue weighted by Crippen LogP contribution is 2.21. The summed E-state index contributed by atoms with van der Waals surface area (Å²) in [5.74, 6) is 0.198. The van der Waals surface area contributed by atoms with Crippen LogP contribution in [0, 0.1) is 0 Å². The molecule has 2 unspecified atom stereocenters. The summed E-state index contributed by atoms with van der Waals surface area (Å²) < 4.78 is 28.5. The van der Waals surface area contributed by atoms with E-state index in [4.69, 9.17) is 4.74 Å². The second-order valence-electron chi connectivity index (χ2n) is 5.70. The molecule has 0 aliphatic heterocycles. The van der Waals surface area contributed by atoms with Gasteiger partial charge in [-0.15, -0.1) is 0 Å². The topological polar surface area (TPSA) is 55.4 Å². The normalized spacial score (nSPS) is 26.4. The Labute approximate surface area is 105 Å². The summed E-state index contributed by atoms with van der Waals surface area (Å²) in [5.41, 5.74) is 0. The van der Waals surface area contributed by atoms with E-state index in [0.717, 1.165) is 19.3 Å². The molecule has 0 aromatic carbocycles. The largest absolute Gasteiger partial charge is 0.380 e. The van der Waals surface area contributed by atoms with Gasteiger partial charge >= 0.3 is 0 Å². The van der Waals surface area contributed by atoms with Crippen LogP contribution in [0.2, 0.25) is 0 Å². The van der Waals surface area contributed by atoms with E-state index >= 15 is 0 Å². The lowest BCUT2D eigenvalue weighted by atomic mass is 10.2. The number of nitrogens with one attached hydrogen (secondary N) is 1. The highest BCUT2D eigenvalue weighted by molar-refractivity contribution is 7.92. The van der Waals surface area contributed by atoms with Crippen LogP contribution in [0.25, 0.3) is 0 Å². The molecule has 0 radical (unpaired) electrons. The Morgan fingerprint density at radius 1 is 1.29 bits per heavy atom. The highest BCUT2D eigenvalue weighted by atomic mass is 32.2. The summed E-state index contributed by atoms with van der Waals surface area (Å²) in [6.45, 7) is 5.76. The minimum Gasteiger partial charge on any atom is -0.380 e. The summed E-state index contributed by atoms with van der Waals surface area (Å²) in [6, 6.07) is 0.315. The minimum atomic E-state index is -3.02. The van der Waals surface area contributed by atoms with Crippen molar-refractivity contribution in [3.63, 3.8) is 0 Å². The molecule has 0 aromatic rings. The summed E-state index contributed by atoms with van der Waals surface area (Å²) in [5, 5.41) is 3.31. The lowest BCUT2D eigenvalue weighted by Gasteiger charge is -2.22. The Morgan fingerprint density at radius 3 is 2.47 bits per heavy atom. The summed E-state index contributed by atoms with van der Waals surface area (Å²) in [6.07, 6.45) is 3.54. The van der Waals surface area contributed by atoms with E-state index in [1.165, 1.54) is 0 Å². The van der Waals surface area contributed by atoms with E-state index in [1.807, 2.05) is 0 Å². The first-order valence-corrected chi connectivity index (χ1v) is 7.91. The number of methoxy groups -OCH3 is 1. The van der Waals surface area contributed by atoms with E-state index in [-0.39, 0.29) is 11.9 Å². The Bertz CT molecular complexity index is 332. The lowest BCUT2D eigenvalue weighted by Crippen LogP contribution is -2.41. The van der Waals surface area contributed by atoms with Crippen molar-refractivity contribution in [1.82, 2.24) is 5.32 Å². The number of hydrogen-bond acceptors (Lipinski definition) is 4. The smallest absolute Gasteiger partial charge is 0.156 e. The first-order valence-electron chi connectivity index (χ1n) is 6.26. The molecule has 0 amide bonds. The van der Waals surface area contributed by atoms with Crippen molar-refractivity contribution in [1.29, 1.82) is 0 Å². The molecule has 0 spiro atoms. The second-order valence-corrected chi connectivity index (χ2v) is 8.56. The predicted molar refractivity (Wildman–Crippen MR) is 70.0 cm³/mol. The molecular formula is C12H25NO3S. The molecule has 0 saturated heterocycles. The van der Waals surface area contributed by atoms with Gasteiger partial charge in [-0.1, -0.05) is 0 Å². The van der Waals surface area contributed by atoms with Gasteiger partial charge in [-0.3, -0.25) is 0 Å². The third kappa shape index (κ3) is 3.93. The van der Waals surface area contributed by atoms with E-state index < -0.39 is 14.6 Å². The third-order valence-corrected chi connectivity index (χ3v) is 6.07. The second kappa shape index (κ2) is 5.67. The fourth-order valence-corrected chi connectivity index (χ4v) is 3.13. The van der Waals surface area contributed by atoms with Crippen LogP contribution in [-0.4, -0.2) is 44.7 Å². The molecule has 0 heterocycles. The van der Waals surface area contributed by atoms with Gasteiger partial charge in [0.25, 0.3) is 0 Å². The van der Waals surface area contributed by atoms with Gasteiger partial charge in [0.15, 0.2) is 9.84 Å². The van der Waals surface area contributed by atoms with Crippen LogP contribution in [0.4, 0.5) is 0 Å². The summed E-state index contributed by atoms with van der Waals surface area (Å²) in [4.78, 5) is 0. The Hall–Kier alpha value is -0.130. The number of sulfone groups is 1. The highest BCUT2D eigenvalue weighted by Gasteiger charge is 2.30. The standard InChI is InChI=1S/C12H25NO3S/c1-12(2,3)17(14,15)9-8-13-10-6-5-7-11(10)16-4/h10-11,13H,5-9H2,1-4H3. The van der Waals surface area contributed by atoms with Crippen molar-refractivity contribution in [2.24, 2.45) is 0 Å². The molecule has 1 rings (SSSR count). The minimum absolute atomic E-state index is 0.198. The first kappa shape index (κ1) is 14.9. The van der Waals surface area contributed by atoms with Gasteiger partial charge in [-0.25, -0.2) is 8.42 Å². The van der Waals surface area contributed by atoms with E-state index in [0.29, 0.717) is 12.6 Å². The molecule has 0 bridgehead atoms. The molecule has 2 atom stereocenters. The maximum absolute atomic E-state index is 11.9. The Morgan fingerprint density at radius 2 is 1.94 bits per heavy atom. The fourth-order valence-electron chi connectivity index (χ4n) is 2.13. The van der Waals surface area contributed by atoms with Crippen LogP contribution in [0.5, 0.6) is 0 Å². The molecule has 102 valence electrons. The van der Waals surface area contributed by atoms with Crippen LogP contribution in [0.15, 0.2) is 0 Å². The molecule has 17 heavy (non-hydrogen) atoms. The van der Waals surface area contributed by atoms with Crippen LogP contribution >= 0.6 is 0 Å². The van der Waals surface area contributed by atoms with Gasteiger partial charge in [-0.05, 0) is 40.0 Å². The van der Waals surface area contributed by atoms with Crippen molar-refractivity contribution in [2.45, 2.75) is 56.9 Å². The molecule has 1 saturated carbocycles. The van der Waals surface area contributed by atoms with Crippen molar-refractivity contribution < 1.29 is 13.2 Å².